The Morgan fingerprint density at radius 3 is 2.64 bits per heavy atom. The van der Waals surface area contributed by atoms with Gasteiger partial charge in [-0.2, -0.15) is 0 Å². The molecule has 0 aliphatic heterocycles. The van der Waals surface area contributed by atoms with Crippen molar-refractivity contribution < 1.29 is 13.9 Å². The highest BCUT2D eigenvalue weighted by molar-refractivity contribution is 9.10. The molecule has 0 radical (unpaired) electrons. The molecule has 0 aliphatic rings. The number of halogens is 3. The van der Waals surface area contributed by atoms with Gasteiger partial charge in [-0.05, 0) is 34.0 Å². The molecule has 1 atom stereocenters. The minimum Gasteiger partial charge on any atom is -0.396 e. The Kier molecular flexibility index (Phi) is 3.97. The summed E-state index contributed by atoms with van der Waals surface area (Å²) in [5, 5.41) is 8.64. The second-order valence-corrected chi connectivity index (χ2v) is 3.70. The van der Waals surface area contributed by atoms with E-state index in [2.05, 4.69) is 15.9 Å². The lowest BCUT2D eigenvalue weighted by Crippen LogP contribution is -2.13. The van der Waals surface area contributed by atoms with Crippen LogP contribution in [0.4, 0.5) is 8.78 Å². The Hall–Kier alpha value is -0.520. The van der Waals surface area contributed by atoms with Crippen LogP contribution in [-0.2, 0) is 0 Å². The van der Waals surface area contributed by atoms with Crippen LogP contribution in [0.3, 0.4) is 0 Å². The lowest BCUT2D eigenvalue weighted by molar-refractivity contribution is 0.276. The van der Waals surface area contributed by atoms with E-state index in [-0.39, 0.29) is 17.5 Å². The van der Waals surface area contributed by atoms with Crippen molar-refractivity contribution in [2.75, 3.05) is 6.61 Å². The highest BCUT2D eigenvalue weighted by Gasteiger charge is 2.14. The second-order valence-electron chi connectivity index (χ2n) is 2.91. The molecule has 1 unspecified atom stereocenters. The van der Waals surface area contributed by atoms with Crippen molar-refractivity contribution in [3.05, 3.63) is 33.8 Å². The van der Waals surface area contributed by atoms with Crippen molar-refractivity contribution in [1.29, 1.82) is 0 Å². The first-order valence-electron chi connectivity index (χ1n) is 4.07. The van der Waals surface area contributed by atoms with Crippen molar-refractivity contribution in [3.8, 4) is 0 Å². The summed E-state index contributed by atoms with van der Waals surface area (Å²) >= 11 is 2.98. The summed E-state index contributed by atoms with van der Waals surface area (Å²) in [5.41, 5.74) is 5.95. The van der Waals surface area contributed by atoms with Crippen LogP contribution < -0.4 is 5.73 Å². The standard InChI is InChI=1S/C9H10BrF2NO/c10-9-6(8(13)1-2-14)3-5(11)4-7(9)12/h3-4,8,14H,1-2,13H2. The van der Waals surface area contributed by atoms with E-state index in [1.54, 1.807) is 0 Å². The number of benzene rings is 1. The molecule has 1 aromatic carbocycles. The minimum atomic E-state index is -0.687. The molecular formula is C9H10BrF2NO. The molecule has 0 aliphatic carbocycles. The van der Waals surface area contributed by atoms with E-state index in [4.69, 9.17) is 10.8 Å². The van der Waals surface area contributed by atoms with Crippen molar-refractivity contribution in [2.45, 2.75) is 12.5 Å². The molecule has 2 nitrogen and oxygen atoms in total. The van der Waals surface area contributed by atoms with E-state index in [9.17, 15) is 8.78 Å². The van der Waals surface area contributed by atoms with E-state index in [0.29, 0.717) is 5.56 Å². The van der Waals surface area contributed by atoms with E-state index >= 15 is 0 Å². The third-order valence-electron chi connectivity index (χ3n) is 1.86. The van der Waals surface area contributed by atoms with E-state index in [1.807, 2.05) is 0 Å². The minimum absolute atomic E-state index is 0.119. The van der Waals surface area contributed by atoms with E-state index in [1.165, 1.54) is 0 Å². The predicted octanol–water partition coefficient (Wildman–Crippen LogP) is 2.11. The molecule has 0 amide bonds. The number of nitrogens with two attached hydrogens (primary N) is 1. The third-order valence-corrected chi connectivity index (χ3v) is 2.70. The number of hydrogen-bond donors (Lipinski definition) is 2. The summed E-state index contributed by atoms with van der Waals surface area (Å²) in [6.45, 7) is -0.119. The molecule has 3 N–H and O–H groups in total. The Labute approximate surface area is 88.9 Å². The Balaban J connectivity index is 3.07. The summed E-state index contributed by atoms with van der Waals surface area (Å²) < 4.78 is 26.0. The van der Waals surface area contributed by atoms with Gasteiger partial charge < -0.3 is 10.8 Å². The zero-order chi connectivity index (χ0) is 10.7. The number of rotatable bonds is 3. The number of aliphatic hydroxyl groups is 1. The van der Waals surface area contributed by atoms with Crippen molar-refractivity contribution in [1.82, 2.24) is 0 Å². The van der Waals surface area contributed by atoms with Gasteiger partial charge in [-0.25, -0.2) is 8.78 Å². The van der Waals surface area contributed by atoms with Gasteiger partial charge >= 0.3 is 0 Å². The molecule has 0 aromatic heterocycles. The maximum Gasteiger partial charge on any atom is 0.140 e. The van der Waals surface area contributed by atoms with E-state index < -0.39 is 17.7 Å². The molecule has 0 saturated carbocycles. The Morgan fingerprint density at radius 1 is 1.43 bits per heavy atom. The van der Waals surface area contributed by atoms with Crippen molar-refractivity contribution in [3.63, 3.8) is 0 Å². The van der Waals surface area contributed by atoms with Crippen molar-refractivity contribution in [2.24, 2.45) is 5.73 Å². The highest BCUT2D eigenvalue weighted by atomic mass is 79.9. The lowest BCUT2D eigenvalue weighted by atomic mass is 10.0. The van der Waals surface area contributed by atoms with Gasteiger partial charge in [0.25, 0.3) is 0 Å². The number of aliphatic hydroxyl groups excluding tert-OH is 1. The summed E-state index contributed by atoms with van der Waals surface area (Å²) in [6.07, 6.45) is 0.265. The van der Waals surface area contributed by atoms with Gasteiger partial charge in [0.2, 0.25) is 0 Å². The second kappa shape index (κ2) is 4.82. The lowest BCUT2D eigenvalue weighted by Gasteiger charge is -2.12. The number of hydrogen-bond acceptors (Lipinski definition) is 2. The third kappa shape index (κ3) is 2.50. The SMILES string of the molecule is NC(CCO)c1cc(F)cc(F)c1Br. The van der Waals surface area contributed by atoms with Crippen LogP contribution in [0.5, 0.6) is 0 Å². The molecule has 1 rings (SSSR count). The fourth-order valence-corrected chi connectivity index (χ4v) is 1.66. The maximum absolute atomic E-state index is 13.0. The molecule has 0 bridgehead atoms. The van der Waals surface area contributed by atoms with Gasteiger partial charge in [0.15, 0.2) is 0 Å². The van der Waals surface area contributed by atoms with Gasteiger partial charge in [-0.1, -0.05) is 0 Å². The zero-order valence-electron chi connectivity index (χ0n) is 7.30. The first kappa shape index (κ1) is 11.6. The van der Waals surface area contributed by atoms with Crippen molar-refractivity contribution >= 4 is 15.9 Å². The first-order chi connectivity index (χ1) is 6.56. The molecule has 5 heteroatoms. The molecule has 0 spiro atoms. The van der Waals surface area contributed by atoms with Gasteiger partial charge in [0.05, 0.1) is 4.47 Å². The first-order valence-corrected chi connectivity index (χ1v) is 4.86. The van der Waals surface area contributed by atoms with Crippen LogP contribution in [0.1, 0.15) is 18.0 Å². The molecule has 0 heterocycles. The van der Waals surface area contributed by atoms with Crippen LogP contribution >= 0.6 is 15.9 Å². The topological polar surface area (TPSA) is 46.2 Å². The molecule has 1 aromatic rings. The fourth-order valence-electron chi connectivity index (χ4n) is 1.14. The molecule has 0 saturated heterocycles. The van der Waals surface area contributed by atoms with Crippen LogP contribution in [0.2, 0.25) is 0 Å². The Morgan fingerprint density at radius 2 is 2.07 bits per heavy atom. The zero-order valence-corrected chi connectivity index (χ0v) is 8.89. The van der Waals surface area contributed by atoms with Gasteiger partial charge in [-0.3, -0.25) is 0 Å². The fraction of sp³-hybridized carbons (Fsp3) is 0.333. The smallest absolute Gasteiger partial charge is 0.140 e. The maximum atomic E-state index is 13.0. The summed E-state index contributed by atoms with van der Waals surface area (Å²) in [6, 6.07) is 1.37. The van der Waals surface area contributed by atoms with Crippen LogP contribution in [0, 0.1) is 11.6 Å². The van der Waals surface area contributed by atoms with Crippen LogP contribution in [0.15, 0.2) is 16.6 Å². The molecular weight excluding hydrogens is 256 g/mol. The van der Waals surface area contributed by atoms with Crippen LogP contribution in [0.25, 0.3) is 0 Å². The monoisotopic (exact) mass is 265 g/mol. The average molecular weight is 266 g/mol. The normalized spacial score (nSPS) is 12.9. The van der Waals surface area contributed by atoms with E-state index in [0.717, 1.165) is 12.1 Å². The molecule has 78 valence electrons. The van der Waals surface area contributed by atoms with Gasteiger partial charge in [0.1, 0.15) is 11.6 Å². The molecule has 14 heavy (non-hydrogen) atoms. The van der Waals surface area contributed by atoms with Gasteiger partial charge in [-0.15, -0.1) is 0 Å². The summed E-state index contributed by atoms with van der Waals surface area (Å²) in [5.74, 6) is -1.36. The summed E-state index contributed by atoms with van der Waals surface area (Å²) in [7, 11) is 0. The highest BCUT2D eigenvalue weighted by Crippen LogP contribution is 2.27. The quantitative estimate of drug-likeness (QED) is 0.823. The summed E-state index contributed by atoms with van der Waals surface area (Å²) in [4.78, 5) is 0. The molecule has 0 fully saturated rings. The van der Waals surface area contributed by atoms with Crippen LogP contribution in [-0.4, -0.2) is 11.7 Å². The predicted molar refractivity (Wildman–Crippen MR) is 52.7 cm³/mol. The Bertz CT molecular complexity index is 333. The largest absolute Gasteiger partial charge is 0.396 e. The average Bonchev–Trinajstić information content (AvgIpc) is 2.11. The van der Waals surface area contributed by atoms with Gasteiger partial charge in [0, 0.05) is 18.7 Å².